The first-order chi connectivity index (χ1) is 6.52. The molecule has 0 saturated heterocycles. The Labute approximate surface area is 92.0 Å². The van der Waals surface area contributed by atoms with Crippen LogP contribution in [-0.4, -0.2) is 11.9 Å². The number of amides is 1. The van der Waals surface area contributed by atoms with Gasteiger partial charge < -0.3 is 9.73 Å². The van der Waals surface area contributed by atoms with Crippen LogP contribution in [0.2, 0.25) is 0 Å². The summed E-state index contributed by atoms with van der Waals surface area (Å²) in [5, 5.41) is 2.89. The van der Waals surface area contributed by atoms with Crippen LogP contribution < -0.4 is 5.32 Å². The lowest BCUT2D eigenvalue weighted by Gasteiger charge is -2.16. The molecular weight excluding hydrogens is 246 g/mol. The third-order valence-corrected chi connectivity index (χ3v) is 2.84. The summed E-state index contributed by atoms with van der Waals surface area (Å²) in [6.45, 7) is 6.11. The normalized spacial score (nSPS) is 12.9. The molecule has 14 heavy (non-hydrogen) atoms. The van der Waals surface area contributed by atoms with Crippen molar-refractivity contribution in [1.29, 1.82) is 0 Å². The van der Waals surface area contributed by atoms with Crippen molar-refractivity contribution in [3.63, 3.8) is 0 Å². The van der Waals surface area contributed by atoms with E-state index in [0.717, 1.165) is 0 Å². The Balaban J connectivity index is 2.64. The quantitative estimate of drug-likeness (QED) is 0.907. The lowest BCUT2D eigenvalue weighted by atomic mass is 10.1. The molecule has 3 nitrogen and oxygen atoms in total. The van der Waals surface area contributed by atoms with E-state index in [1.54, 1.807) is 6.07 Å². The fraction of sp³-hybridized carbons (Fsp3) is 0.500. The molecule has 0 aromatic carbocycles. The van der Waals surface area contributed by atoms with Crippen LogP contribution in [0.4, 0.5) is 0 Å². The second kappa shape index (κ2) is 4.64. The predicted octanol–water partition coefficient (Wildman–Crippen LogP) is 2.82. The molecule has 0 aliphatic carbocycles. The van der Waals surface area contributed by atoms with Crippen molar-refractivity contribution in [2.75, 3.05) is 0 Å². The van der Waals surface area contributed by atoms with Gasteiger partial charge in [-0.2, -0.15) is 0 Å². The molecule has 1 rings (SSSR count). The smallest absolute Gasteiger partial charge is 0.255 e. The molecule has 0 aliphatic rings. The van der Waals surface area contributed by atoms with Crippen molar-refractivity contribution in [2.24, 2.45) is 5.92 Å². The van der Waals surface area contributed by atoms with Crippen molar-refractivity contribution < 1.29 is 9.21 Å². The summed E-state index contributed by atoms with van der Waals surface area (Å²) in [6, 6.07) is 1.80. The molecule has 0 fully saturated rings. The zero-order valence-corrected chi connectivity index (χ0v) is 10.1. The molecular formula is C10H14BrNO2. The SMILES string of the molecule is CC(C)C(C)NC(=O)c1ccoc1Br. The number of carbonyl (C=O) groups is 1. The molecule has 0 saturated carbocycles. The predicted molar refractivity (Wildman–Crippen MR) is 58.2 cm³/mol. The average Bonchev–Trinajstić information content (AvgIpc) is 2.51. The molecule has 1 heterocycles. The van der Waals surface area contributed by atoms with Crippen molar-refractivity contribution in [3.8, 4) is 0 Å². The molecule has 0 bridgehead atoms. The molecule has 78 valence electrons. The number of rotatable bonds is 3. The Morgan fingerprint density at radius 1 is 1.50 bits per heavy atom. The van der Waals surface area contributed by atoms with E-state index in [4.69, 9.17) is 4.42 Å². The van der Waals surface area contributed by atoms with Gasteiger partial charge in [0.05, 0.1) is 11.8 Å². The van der Waals surface area contributed by atoms with Crippen LogP contribution >= 0.6 is 15.9 Å². The van der Waals surface area contributed by atoms with Crippen molar-refractivity contribution in [1.82, 2.24) is 5.32 Å². The third-order valence-electron chi connectivity index (χ3n) is 2.22. The second-order valence-electron chi connectivity index (χ2n) is 3.61. The fourth-order valence-electron chi connectivity index (χ4n) is 0.907. The molecule has 1 unspecified atom stereocenters. The Hall–Kier alpha value is -0.770. The standard InChI is InChI=1S/C10H14BrNO2/c1-6(2)7(3)12-10(13)8-4-5-14-9(8)11/h4-7H,1-3H3,(H,12,13). The van der Waals surface area contributed by atoms with E-state index in [1.807, 2.05) is 6.92 Å². The van der Waals surface area contributed by atoms with Crippen LogP contribution in [0.3, 0.4) is 0 Å². The van der Waals surface area contributed by atoms with Crippen molar-refractivity contribution >= 4 is 21.8 Å². The van der Waals surface area contributed by atoms with Gasteiger partial charge in [-0.1, -0.05) is 13.8 Å². The molecule has 0 radical (unpaired) electrons. The first kappa shape index (κ1) is 11.3. The number of halogens is 1. The summed E-state index contributed by atoms with van der Waals surface area (Å²) in [4.78, 5) is 11.6. The van der Waals surface area contributed by atoms with E-state index in [-0.39, 0.29) is 11.9 Å². The number of hydrogen-bond acceptors (Lipinski definition) is 2. The molecule has 1 aromatic rings. The van der Waals surface area contributed by atoms with E-state index in [0.29, 0.717) is 16.2 Å². The third kappa shape index (κ3) is 2.61. The maximum atomic E-state index is 11.6. The van der Waals surface area contributed by atoms with Crippen LogP contribution in [-0.2, 0) is 0 Å². The highest BCUT2D eigenvalue weighted by Crippen LogP contribution is 2.17. The first-order valence-corrected chi connectivity index (χ1v) is 5.35. The summed E-state index contributed by atoms with van der Waals surface area (Å²) in [5.74, 6) is 0.316. The van der Waals surface area contributed by atoms with Gasteiger partial charge in [-0.15, -0.1) is 0 Å². The van der Waals surface area contributed by atoms with Gasteiger partial charge in [0, 0.05) is 6.04 Å². The van der Waals surface area contributed by atoms with Gasteiger partial charge in [-0.3, -0.25) is 4.79 Å². The van der Waals surface area contributed by atoms with Crippen molar-refractivity contribution in [2.45, 2.75) is 26.8 Å². The highest BCUT2D eigenvalue weighted by molar-refractivity contribution is 9.10. The van der Waals surface area contributed by atoms with E-state index in [1.165, 1.54) is 6.26 Å². The minimum atomic E-state index is -0.105. The average molecular weight is 260 g/mol. The van der Waals surface area contributed by atoms with Crippen LogP contribution in [0, 0.1) is 5.92 Å². The van der Waals surface area contributed by atoms with E-state index in [9.17, 15) is 4.79 Å². The Morgan fingerprint density at radius 3 is 2.57 bits per heavy atom. The largest absolute Gasteiger partial charge is 0.457 e. The van der Waals surface area contributed by atoms with Gasteiger partial charge in [-0.05, 0) is 34.8 Å². The maximum absolute atomic E-state index is 11.6. The lowest BCUT2D eigenvalue weighted by Crippen LogP contribution is -2.36. The van der Waals surface area contributed by atoms with Crippen LogP contribution in [0.25, 0.3) is 0 Å². The summed E-state index contributed by atoms with van der Waals surface area (Å²) >= 11 is 3.17. The molecule has 1 aromatic heterocycles. The zero-order valence-electron chi connectivity index (χ0n) is 8.50. The molecule has 1 atom stereocenters. The Kier molecular flexibility index (Phi) is 3.75. The Morgan fingerprint density at radius 2 is 2.14 bits per heavy atom. The highest BCUT2D eigenvalue weighted by atomic mass is 79.9. The minimum absolute atomic E-state index is 0.105. The van der Waals surface area contributed by atoms with Crippen LogP contribution in [0.5, 0.6) is 0 Å². The monoisotopic (exact) mass is 259 g/mol. The van der Waals surface area contributed by atoms with E-state index < -0.39 is 0 Å². The molecule has 1 N–H and O–H groups in total. The number of carbonyl (C=O) groups excluding carboxylic acids is 1. The number of hydrogen-bond donors (Lipinski definition) is 1. The molecule has 4 heteroatoms. The second-order valence-corrected chi connectivity index (χ2v) is 4.33. The summed E-state index contributed by atoms with van der Waals surface area (Å²) < 4.78 is 5.46. The van der Waals surface area contributed by atoms with Gasteiger partial charge in [-0.25, -0.2) is 0 Å². The molecule has 0 spiro atoms. The highest BCUT2D eigenvalue weighted by Gasteiger charge is 2.16. The van der Waals surface area contributed by atoms with E-state index in [2.05, 4.69) is 35.1 Å². The maximum Gasteiger partial charge on any atom is 0.255 e. The van der Waals surface area contributed by atoms with Crippen LogP contribution in [0.15, 0.2) is 21.4 Å². The fourth-order valence-corrected chi connectivity index (χ4v) is 1.33. The van der Waals surface area contributed by atoms with Gasteiger partial charge in [0.1, 0.15) is 0 Å². The van der Waals surface area contributed by atoms with Gasteiger partial charge in [0.15, 0.2) is 4.67 Å². The van der Waals surface area contributed by atoms with Crippen LogP contribution in [0.1, 0.15) is 31.1 Å². The summed E-state index contributed by atoms with van der Waals surface area (Å²) in [5.41, 5.74) is 0.539. The van der Waals surface area contributed by atoms with Crippen molar-refractivity contribution in [3.05, 3.63) is 22.6 Å². The zero-order chi connectivity index (χ0) is 10.7. The van der Waals surface area contributed by atoms with Gasteiger partial charge >= 0.3 is 0 Å². The first-order valence-electron chi connectivity index (χ1n) is 4.56. The Bertz CT molecular complexity index is 320. The lowest BCUT2D eigenvalue weighted by molar-refractivity contribution is 0.0929. The van der Waals surface area contributed by atoms with Gasteiger partial charge in [0.25, 0.3) is 5.91 Å². The number of furan rings is 1. The molecule has 1 amide bonds. The minimum Gasteiger partial charge on any atom is -0.457 e. The van der Waals surface area contributed by atoms with E-state index >= 15 is 0 Å². The topological polar surface area (TPSA) is 42.2 Å². The summed E-state index contributed by atoms with van der Waals surface area (Å²) in [7, 11) is 0. The number of nitrogens with one attached hydrogen (secondary N) is 1. The van der Waals surface area contributed by atoms with Gasteiger partial charge in [0.2, 0.25) is 0 Å². The summed E-state index contributed by atoms with van der Waals surface area (Å²) in [6.07, 6.45) is 1.49. The molecule has 0 aliphatic heterocycles.